The fraction of sp³-hybridized carbons (Fsp3) is 0.917. The van der Waals surface area contributed by atoms with Crippen molar-refractivity contribution < 1.29 is 4.79 Å². The molecule has 1 aliphatic rings. The van der Waals surface area contributed by atoms with Gasteiger partial charge >= 0.3 is 0 Å². The number of rotatable bonds is 4. The van der Waals surface area contributed by atoms with Gasteiger partial charge in [0.25, 0.3) is 0 Å². The standard InChI is InChI=1S/C12H24N2O/c1-5-10(6-2)14(4)12(15)11-8-13-7-9(11)3/h9-11,13H,5-8H2,1-4H3/t9-,11-/m1/s1. The SMILES string of the molecule is CCC(CC)N(C)C(=O)[C@@H]1CNC[C@H]1C. The van der Waals surface area contributed by atoms with Crippen LogP contribution in [0.4, 0.5) is 0 Å². The zero-order valence-corrected chi connectivity index (χ0v) is 10.4. The molecule has 0 aliphatic carbocycles. The molecule has 0 aromatic heterocycles. The number of hydrogen-bond acceptors (Lipinski definition) is 2. The Kier molecular flexibility index (Phi) is 4.58. The summed E-state index contributed by atoms with van der Waals surface area (Å²) in [5.74, 6) is 0.992. The number of nitrogens with zero attached hydrogens (tertiary/aromatic N) is 1. The topological polar surface area (TPSA) is 32.3 Å². The van der Waals surface area contributed by atoms with E-state index in [1.807, 2.05) is 11.9 Å². The Bertz CT molecular complexity index is 214. The molecule has 88 valence electrons. The first-order valence-electron chi connectivity index (χ1n) is 6.09. The van der Waals surface area contributed by atoms with Crippen LogP contribution in [0.25, 0.3) is 0 Å². The van der Waals surface area contributed by atoms with Crippen LogP contribution in [0.1, 0.15) is 33.6 Å². The second kappa shape index (κ2) is 5.50. The number of amides is 1. The van der Waals surface area contributed by atoms with E-state index >= 15 is 0 Å². The molecule has 1 N–H and O–H groups in total. The summed E-state index contributed by atoms with van der Waals surface area (Å²) in [6.45, 7) is 8.28. The summed E-state index contributed by atoms with van der Waals surface area (Å²) in [7, 11) is 1.95. The van der Waals surface area contributed by atoms with E-state index in [1.54, 1.807) is 0 Å². The van der Waals surface area contributed by atoms with Crippen molar-refractivity contribution in [3.63, 3.8) is 0 Å². The van der Waals surface area contributed by atoms with Gasteiger partial charge in [0, 0.05) is 19.6 Å². The summed E-state index contributed by atoms with van der Waals surface area (Å²) in [6.07, 6.45) is 2.10. The molecule has 15 heavy (non-hydrogen) atoms. The molecule has 3 nitrogen and oxygen atoms in total. The van der Waals surface area contributed by atoms with Gasteiger partial charge in [-0.2, -0.15) is 0 Å². The average Bonchev–Trinajstić information content (AvgIpc) is 2.65. The first-order chi connectivity index (χ1) is 7.11. The summed E-state index contributed by atoms with van der Waals surface area (Å²) >= 11 is 0. The smallest absolute Gasteiger partial charge is 0.227 e. The zero-order chi connectivity index (χ0) is 11.4. The number of carbonyl (C=O) groups excluding carboxylic acids is 1. The van der Waals surface area contributed by atoms with Gasteiger partial charge in [0.15, 0.2) is 0 Å². The maximum atomic E-state index is 12.2. The van der Waals surface area contributed by atoms with Crippen molar-refractivity contribution in [2.45, 2.75) is 39.7 Å². The highest BCUT2D eigenvalue weighted by molar-refractivity contribution is 5.79. The lowest BCUT2D eigenvalue weighted by Gasteiger charge is -2.29. The van der Waals surface area contributed by atoms with Crippen LogP contribution in [0, 0.1) is 11.8 Å². The first kappa shape index (κ1) is 12.5. The molecule has 1 aliphatic heterocycles. The van der Waals surface area contributed by atoms with Gasteiger partial charge in [0.2, 0.25) is 5.91 Å². The molecule has 1 rings (SSSR count). The highest BCUT2D eigenvalue weighted by atomic mass is 16.2. The molecule has 0 aromatic carbocycles. The molecule has 1 amide bonds. The van der Waals surface area contributed by atoms with E-state index in [4.69, 9.17) is 0 Å². The van der Waals surface area contributed by atoms with Crippen molar-refractivity contribution in [3.8, 4) is 0 Å². The summed E-state index contributed by atoms with van der Waals surface area (Å²) in [5, 5.41) is 3.29. The highest BCUT2D eigenvalue weighted by Crippen LogP contribution is 2.20. The van der Waals surface area contributed by atoms with Gasteiger partial charge in [-0.05, 0) is 25.3 Å². The lowest BCUT2D eigenvalue weighted by atomic mass is 9.95. The second-order valence-electron chi connectivity index (χ2n) is 4.66. The van der Waals surface area contributed by atoms with Crippen LogP contribution in [0.5, 0.6) is 0 Å². The van der Waals surface area contributed by atoms with Gasteiger partial charge in [0.1, 0.15) is 0 Å². The van der Waals surface area contributed by atoms with Crippen molar-refractivity contribution in [3.05, 3.63) is 0 Å². The van der Waals surface area contributed by atoms with Crippen LogP contribution in [-0.4, -0.2) is 37.0 Å². The minimum absolute atomic E-state index is 0.190. The molecule has 1 saturated heterocycles. The maximum absolute atomic E-state index is 12.2. The summed E-state index contributed by atoms with van der Waals surface area (Å²) < 4.78 is 0. The molecule has 1 heterocycles. The molecular formula is C12H24N2O. The van der Waals surface area contributed by atoms with Gasteiger partial charge in [-0.15, -0.1) is 0 Å². The second-order valence-corrected chi connectivity index (χ2v) is 4.66. The zero-order valence-electron chi connectivity index (χ0n) is 10.4. The summed E-state index contributed by atoms with van der Waals surface area (Å²) in [4.78, 5) is 14.2. The lowest BCUT2D eigenvalue weighted by molar-refractivity contribution is -0.136. The molecule has 0 saturated carbocycles. The monoisotopic (exact) mass is 212 g/mol. The van der Waals surface area contributed by atoms with Crippen molar-refractivity contribution >= 4 is 5.91 Å². The van der Waals surface area contributed by atoms with Crippen molar-refractivity contribution in [2.75, 3.05) is 20.1 Å². The Morgan fingerprint density at radius 2 is 2.00 bits per heavy atom. The van der Waals surface area contributed by atoms with Crippen LogP contribution >= 0.6 is 0 Å². The Hall–Kier alpha value is -0.570. The molecule has 0 radical (unpaired) electrons. The normalized spacial score (nSPS) is 25.9. The van der Waals surface area contributed by atoms with E-state index in [0.717, 1.165) is 25.9 Å². The summed E-state index contributed by atoms with van der Waals surface area (Å²) in [6, 6.07) is 0.408. The van der Waals surface area contributed by atoms with E-state index < -0.39 is 0 Å². The minimum Gasteiger partial charge on any atom is -0.343 e. The highest BCUT2D eigenvalue weighted by Gasteiger charge is 2.32. The predicted octanol–water partition coefficient (Wildman–Crippen LogP) is 1.49. The fourth-order valence-electron chi connectivity index (χ4n) is 2.42. The van der Waals surface area contributed by atoms with Crippen LogP contribution < -0.4 is 5.32 Å². The number of carbonyl (C=O) groups is 1. The Labute approximate surface area is 93.2 Å². The first-order valence-corrected chi connectivity index (χ1v) is 6.09. The largest absolute Gasteiger partial charge is 0.343 e. The maximum Gasteiger partial charge on any atom is 0.227 e. The van der Waals surface area contributed by atoms with Gasteiger partial charge in [0.05, 0.1) is 5.92 Å². The Morgan fingerprint density at radius 1 is 1.40 bits per heavy atom. The summed E-state index contributed by atoms with van der Waals surface area (Å²) in [5.41, 5.74) is 0. The quantitative estimate of drug-likeness (QED) is 0.765. The fourth-order valence-corrected chi connectivity index (χ4v) is 2.42. The van der Waals surface area contributed by atoms with E-state index in [0.29, 0.717) is 17.9 Å². The lowest BCUT2D eigenvalue weighted by Crippen LogP contribution is -2.42. The molecule has 0 aromatic rings. The van der Waals surface area contributed by atoms with Crippen molar-refractivity contribution in [1.82, 2.24) is 10.2 Å². The third kappa shape index (κ3) is 2.71. The van der Waals surface area contributed by atoms with E-state index in [9.17, 15) is 4.79 Å². The van der Waals surface area contributed by atoms with Gasteiger partial charge in [-0.3, -0.25) is 4.79 Å². The average molecular weight is 212 g/mol. The van der Waals surface area contributed by atoms with Crippen LogP contribution in [0.2, 0.25) is 0 Å². The van der Waals surface area contributed by atoms with Crippen LogP contribution in [0.15, 0.2) is 0 Å². The van der Waals surface area contributed by atoms with Crippen LogP contribution in [-0.2, 0) is 4.79 Å². The molecule has 3 heteroatoms. The van der Waals surface area contributed by atoms with E-state index in [1.165, 1.54) is 0 Å². The molecule has 0 unspecified atom stereocenters. The molecule has 0 bridgehead atoms. The van der Waals surface area contributed by atoms with Crippen molar-refractivity contribution in [1.29, 1.82) is 0 Å². The minimum atomic E-state index is 0.190. The van der Waals surface area contributed by atoms with Gasteiger partial charge in [-0.1, -0.05) is 20.8 Å². The molecule has 1 fully saturated rings. The Morgan fingerprint density at radius 3 is 2.40 bits per heavy atom. The van der Waals surface area contributed by atoms with Crippen molar-refractivity contribution in [2.24, 2.45) is 11.8 Å². The predicted molar refractivity (Wildman–Crippen MR) is 62.7 cm³/mol. The third-order valence-corrected chi connectivity index (χ3v) is 3.67. The third-order valence-electron chi connectivity index (χ3n) is 3.67. The number of nitrogens with one attached hydrogen (secondary N) is 1. The number of hydrogen-bond donors (Lipinski definition) is 1. The molecule has 2 atom stereocenters. The Balaban J connectivity index is 2.58. The van der Waals surface area contributed by atoms with Crippen LogP contribution in [0.3, 0.4) is 0 Å². The van der Waals surface area contributed by atoms with E-state index in [-0.39, 0.29) is 5.92 Å². The molecular weight excluding hydrogens is 188 g/mol. The van der Waals surface area contributed by atoms with Gasteiger partial charge < -0.3 is 10.2 Å². The van der Waals surface area contributed by atoms with E-state index in [2.05, 4.69) is 26.1 Å². The molecule has 0 spiro atoms. The van der Waals surface area contributed by atoms with Gasteiger partial charge in [-0.25, -0.2) is 0 Å².